The number of aliphatic hydroxyl groups is 1. The third kappa shape index (κ3) is 7.19. The number of ether oxygens (including phenoxy) is 1. The number of halogens is 1. The average molecular weight is 571 g/mol. The summed E-state index contributed by atoms with van der Waals surface area (Å²) in [5.41, 5.74) is 4.72. The highest BCUT2D eigenvalue weighted by Crippen LogP contribution is 2.42. The number of methoxy groups -OCH3 is 1. The van der Waals surface area contributed by atoms with Crippen LogP contribution in [0.25, 0.3) is 22.3 Å². The molecular weight excluding hydrogens is 535 g/mol. The number of aliphatic hydroxyl groups excluding tert-OH is 1. The molecule has 0 fully saturated rings. The van der Waals surface area contributed by atoms with Gasteiger partial charge in [0.2, 0.25) is 0 Å². The fourth-order valence-corrected chi connectivity index (χ4v) is 5.17. The zero-order chi connectivity index (χ0) is 30.2. The van der Waals surface area contributed by atoms with Crippen molar-refractivity contribution in [3.8, 4) is 22.3 Å². The van der Waals surface area contributed by atoms with Crippen LogP contribution in [-0.2, 0) is 20.7 Å². The van der Waals surface area contributed by atoms with Gasteiger partial charge in [-0.2, -0.15) is 0 Å². The quantitative estimate of drug-likeness (QED) is 0.187. The molecule has 7 nitrogen and oxygen atoms in total. The molecule has 0 bridgehead atoms. The van der Waals surface area contributed by atoms with Crippen LogP contribution < -0.4 is 5.32 Å². The van der Waals surface area contributed by atoms with Gasteiger partial charge >= 0.3 is 5.97 Å². The summed E-state index contributed by atoms with van der Waals surface area (Å²) in [6, 6.07) is 24.6. The second-order valence-electron chi connectivity index (χ2n) is 10.4. The number of carbonyl (C=O) groups is 3. The fraction of sp³-hybridized carbons (Fsp3) is 0.265. The van der Waals surface area contributed by atoms with Gasteiger partial charge < -0.3 is 19.7 Å². The minimum absolute atomic E-state index is 0.0666. The van der Waals surface area contributed by atoms with E-state index >= 15 is 0 Å². The van der Waals surface area contributed by atoms with E-state index < -0.39 is 12.1 Å². The van der Waals surface area contributed by atoms with Crippen LogP contribution in [0.5, 0.6) is 0 Å². The van der Waals surface area contributed by atoms with E-state index in [-0.39, 0.29) is 49.2 Å². The molecule has 1 aromatic heterocycles. The van der Waals surface area contributed by atoms with Gasteiger partial charge in [-0.1, -0.05) is 60.7 Å². The van der Waals surface area contributed by atoms with Crippen LogP contribution in [-0.4, -0.2) is 40.5 Å². The lowest BCUT2D eigenvalue weighted by atomic mass is 9.93. The molecule has 4 rings (SSSR count). The number of aromatic nitrogens is 1. The van der Waals surface area contributed by atoms with E-state index in [2.05, 4.69) is 10.1 Å². The summed E-state index contributed by atoms with van der Waals surface area (Å²) in [6.45, 7) is 3.93. The van der Waals surface area contributed by atoms with Gasteiger partial charge in [0.15, 0.2) is 0 Å². The standard InChI is InChI=1S/C34H35FN2O5/c1-22(2)37-29(19-18-27(38)20-28(39)21-30(40)42-3)31(24-14-16-25(35)17-15-24)32(23-10-6-4-7-11-23)33(37)34(41)36-26-12-8-5-9-13-26/h4-17,22,28,39H,18-21H2,1-3H3,(H,36,41). The fourth-order valence-electron chi connectivity index (χ4n) is 5.17. The summed E-state index contributed by atoms with van der Waals surface area (Å²) < 4.78 is 20.6. The van der Waals surface area contributed by atoms with Crippen molar-refractivity contribution in [3.63, 3.8) is 0 Å². The van der Waals surface area contributed by atoms with E-state index in [0.29, 0.717) is 22.5 Å². The molecule has 8 heteroatoms. The number of ketones is 1. The normalized spacial score (nSPS) is 11.8. The van der Waals surface area contributed by atoms with Crippen molar-refractivity contribution in [1.82, 2.24) is 4.57 Å². The number of esters is 1. The highest BCUT2D eigenvalue weighted by atomic mass is 19.1. The van der Waals surface area contributed by atoms with E-state index in [1.54, 1.807) is 12.1 Å². The summed E-state index contributed by atoms with van der Waals surface area (Å²) in [6.07, 6.45) is -1.29. The molecule has 0 radical (unpaired) electrons. The molecule has 1 atom stereocenters. The van der Waals surface area contributed by atoms with Crippen molar-refractivity contribution in [2.24, 2.45) is 0 Å². The highest BCUT2D eigenvalue weighted by Gasteiger charge is 2.30. The predicted molar refractivity (Wildman–Crippen MR) is 161 cm³/mol. The molecule has 2 N–H and O–H groups in total. The Morgan fingerprint density at radius 2 is 1.45 bits per heavy atom. The van der Waals surface area contributed by atoms with Crippen LogP contribution >= 0.6 is 0 Å². The van der Waals surface area contributed by atoms with Gasteiger partial charge in [0.25, 0.3) is 5.91 Å². The molecule has 0 saturated heterocycles. The molecule has 1 amide bonds. The van der Waals surface area contributed by atoms with E-state index in [1.807, 2.05) is 79.1 Å². The maximum absolute atomic E-state index is 14.1. The molecule has 0 spiro atoms. The molecule has 4 aromatic rings. The number of amides is 1. The Morgan fingerprint density at radius 3 is 2.05 bits per heavy atom. The van der Waals surface area contributed by atoms with Crippen LogP contribution in [0.2, 0.25) is 0 Å². The molecule has 3 aromatic carbocycles. The molecular formula is C34H35FN2O5. The molecule has 0 aliphatic heterocycles. The lowest BCUT2D eigenvalue weighted by Gasteiger charge is -2.18. The van der Waals surface area contributed by atoms with Crippen LogP contribution in [0.1, 0.15) is 55.3 Å². The Hall–Kier alpha value is -4.56. The van der Waals surface area contributed by atoms with E-state index in [9.17, 15) is 23.9 Å². The third-order valence-electron chi connectivity index (χ3n) is 7.00. The van der Waals surface area contributed by atoms with E-state index in [0.717, 1.165) is 16.8 Å². The van der Waals surface area contributed by atoms with Gasteiger partial charge in [-0.3, -0.25) is 14.4 Å². The number of benzene rings is 3. The first-order valence-corrected chi connectivity index (χ1v) is 13.9. The molecule has 0 aliphatic carbocycles. The summed E-state index contributed by atoms with van der Waals surface area (Å²) in [5, 5.41) is 13.2. The highest BCUT2D eigenvalue weighted by molar-refractivity contribution is 6.11. The number of hydrogen-bond donors (Lipinski definition) is 2. The Morgan fingerprint density at radius 1 is 0.857 bits per heavy atom. The van der Waals surface area contributed by atoms with Gasteiger partial charge in [-0.25, -0.2) is 4.39 Å². The minimum Gasteiger partial charge on any atom is -0.469 e. The van der Waals surface area contributed by atoms with Crippen LogP contribution in [0.3, 0.4) is 0 Å². The smallest absolute Gasteiger partial charge is 0.308 e. The molecule has 218 valence electrons. The van der Waals surface area contributed by atoms with Gasteiger partial charge in [-0.15, -0.1) is 0 Å². The third-order valence-corrected chi connectivity index (χ3v) is 7.00. The molecule has 1 heterocycles. The zero-order valence-corrected chi connectivity index (χ0v) is 24.0. The number of anilines is 1. The van der Waals surface area contributed by atoms with Gasteiger partial charge in [0, 0.05) is 41.4 Å². The van der Waals surface area contributed by atoms with Crippen LogP contribution in [0.4, 0.5) is 10.1 Å². The molecule has 0 aliphatic rings. The molecule has 42 heavy (non-hydrogen) atoms. The van der Waals surface area contributed by atoms with E-state index in [4.69, 9.17) is 0 Å². The van der Waals surface area contributed by atoms with E-state index in [1.165, 1.54) is 19.2 Å². The number of hydrogen-bond acceptors (Lipinski definition) is 5. The number of carbonyl (C=O) groups excluding carboxylic acids is 3. The van der Waals surface area contributed by atoms with Crippen LogP contribution in [0, 0.1) is 5.82 Å². The number of rotatable bonds is 12. The number of para-hydroxylation sites is 1. The SMILES string of the molecule is COC(=O)CC(O)CC(=O)CCc1c(-c2ccc(F)cc2)c(-c2ccccc2)c(C(=O)Nc2ccccc2)n1C(C)C. The minimum atomic E-state index is -1.15. The Labute approximate surface area is 245 Å². The monoisotopic (exact) mass is 570 g/mol. The maximum atomic E-state index is 14.1. The van der Waals surface area contributed by atoms with Gasteiger partial charge in [0.1, 0.15) is 17.3 Å². The largest absolute Gasteiger partial charge is 0.469 e. The first-order valence-electron chi connectivity index (χ1n) is 13.9. The van der Waals surface area contributed by atoms with Crippen molar-refractivity contribution in [1.29, 1.82) is 0 Å². The second kappa shape index (κ2) is 13.9. The zero-order valence-electron chi connectivity index (χ0n) is 24.0. The van der Waals surface area contributed by atoms with Crippen LogP contribution in [0.15, 0.2) is 84.9 Å². The topological polar surface area (TPSA) is 97.6 Å². The number of nitrogens with one attached hydrogen (secondary N) is 1. The molecule has 1 unspecified atom stereocenters. The second-order valence-corrected chi connectivity index (χ2v) is 10.4. The Balaban J connectivity index is 1.87. The number of Topliss-reactive ketones (excluding diaryl/α,β-unsaturated/α-hetero) is 1. The first-order chi connectivity index (χ1) is 20.2. The maximum Gasteiger partial charge on any atom is 0.308 e. The summed E-state index contributed by atoms with van der Waals surface area (Å²) >= 11 is 0. The Bertz CT molecular complexity index is 1530. The van der Waals surface area contributed by atoms with Gasteiger partial charge in [0.05, 0.1) is 19.6 Å². The Kier molecular flexibility index (Phi) is 10.0. The lowest BCUT2D eigenvalue weighted by Crippen LogP contribution is -2.21. The molecule has 0 saturated carbocycles. The number of nitrogens with zero attached hydrogens (tertiary/aromatic N) is 1. The summed E-state index contributed by atoms with van der Waals surface area (Å²) in [5.74, 6) is -1.53. The average Bonchev–Trinajstić information content (AvgIpc) is 3.33. The van der Waals surface area contributed by atoms with Crippen molar-refractivity contribution < 1.29 is 28.6 Å². The van der Waals surface area contributed by atoms with Gasteiger partial charge in [-0.05, 0) is 55.7 Å². The van der Waals surface area contributed by atoms with Crippen molar-refractivity contribution in [2.45, 2.75) is 51.7 Å². The van der Waals surface area contributed by atoms with Crippen molar-refractivity contribution in [2.75, 3.05) is 12.4 Å². The first kappa shape index (κ1) is 30.4. The summed E-state index contributed by atoms with van der Waals surface area (Å²) in [4.78, 5) is 38.6. The van der Waals surface area contributed by atoms with Crippen molar-refractivity contribution in [3.05, 3.63) is 102 Å². The lowest BCUT2D eigenvalue weighted by molar-refractivity contribution is -0.143. The van der Waals surface area contributed by atoms with Crippen molar-refractivity contribution >= 4 is 23.3 Å². The predicted octanol–water partition coefficient (Wildman–Crippen LogP) is 6.61. The summed E-state index contributed by atoms with van der Waals surface area (Å²) in [7, 11) is 1.23.